The van der Waals surface area contributed by atoms with Crippen LogP contribution in [0.2, 0.25) is 0 Å². The fourth-order valence-electron chi connectivity index (χ4n) is 1.24. The van der Waals surface area contributed by atoms with Crippen molar-refractivity contribution in [3.8, 4) is 23.1 Å². The van der Waals surface area contributed by atoms with E-state index >= 15 is 0 Å². The molecule has 1 aromatic carbocycles. The lowest BCUT2D eigenvalue weighted by Gasteiger charge is -2.00. The maximum absolute atomic E-state index is 8.67. The molecule has 4 heteroatoms. The van der Waals surface area contributed by atoms with Gasteiger partial charge in [-0.1, -0.05) is 12.1 Å². The molecule has 0 bridgehead atoms. The minimum Gasteiger partial charge on any atom is -0.497 e. The van der Waals surface area contributed by atoms with Crippen molar-refractivity contribution in [2.24, 2.45) is 0 Å². The van der Waals surface area contributed by atoms with Crippen LogP contribution in [0, 0.1) is 11.3 Å². The molecule has 0 N–H and O–H groups in total. The third kappa shape index (κ3) is 1.97. The Morgan fingerprint density at radius 2 is 2.33 bits per heavy atom. The molecule has 0 aliphatic rings. The normalized spacial score (nSPS) is 9.60. The first-order valence-corrected chi connectivity index (χ1v) is 5.21. The summed E-state index contributed by atoms with van der Waals surface area (Å²) in [6.45, 7) is 0. The van der Waals surface area contributed by atoms with E-state index < -0.39 is 0 Å². The molecule has 0 unspecified atom stereocenters. The zero-order valence-electron chi connectivity index (χ0n) is 8.10. The number of benzene rings is 1. The largest absolute Gasteiger partial charge is 0.497 e. The highest BCUT2D eigenvalue weighted by Gasteiger charge is 2.04. The number of aromatic nitrogens is 1. The highest BCUT2D eigenvalue weighted by Crippen LogP contribution is 2.24. The van der Waals surface area contributed by atoms with E-state index in [0.717, 1.165) is 17.0 Å². The summed E-state index contributed by atoms with van der Waals surface area (Å²) in [5.41, 5.74) is 1.78. The van der Waals surface area contributed by atoms with E-state index in [1.165, 1.54) is 11.3 Å². The second kappa shape index (κ2) is 4.11. The molecule has 0 fully saturated rings. The molecule has 1 aromatic heterocycles. The van der Waals surface area contributed by atoms with E-state index in [1.807, 2.05) is 35.7 Å². The molecule has 0 amide bonds. The molecular weight excluding hydrogens is 208 g/mol. The molecule has 0 aliphatic carbocycles. The zero-order chi connectivity index (χ0) is 10.7. The van der Waals surface area contributed by atoms with Gasteiger partial charge in [0.25, 0.3) is 0 Å². The van der Waals surface area contributed by atoms with E-state index in [2.05, 4.69) is 4.98 Å². The maximum Gasteiger partial charge on any atom is 0.194 e. The van der Waals surface area contributed by atoms with Crippen molar-refractivity contribution in [1.82, 2.24) is 4.98 Å². The van der Waals surface area contributed by atoms with Gasteiger partial charge in [0.05, 0.1) is 12.8 Å². The van der Waals surface area contributed by atoms with Gasteiger partial charge in [-0.25, -0.2) is 4.98 Å². The van der Waals surface area contributed by atoms with Gasteiger partial charge in [0.15, 0.2) is 5.01 Å². The quantitative estimate of drug-likeness (QED) is 0.775. The average Bonchev–Trinajstić information content (AvgIpc) is 2.78. The van der Waals surface area contributed by atoms with Crippen molar-refractivity contribution in [3.05, 3.63) is 34.7 Å². The smallest absolute Gasteiger partial charge is 0.194 e. The van der Waals surface area contributed by atoms with Crippen LogP contribution < -0.4 is 4.74 Å². The summed E-state index contributed by atoms with van der Waals surface area (Å²) in [5.74, 6) is 0.791. The van der Waals surface area contributed by atoms with E-state index in [-0.39, 0.29) is 0 Å². The van der Waals surface area contributed by atoms with Crippen LogP contribution in [0.25, 0.3) is 11.3 Å². The second-order valence-electron chi connectivity index (χ2n) is 2.88. The van der Waals surface area contributed by atoms with Gasteiger partial charge in [0.2, 0.25) is 0 Å². The van der Waals surface area contributed by atoms with Gasteiger partial charge in [-0.15, -0.1) is 11.3 Å². The lowest BCUT2D eigenvalue weighted by atomic mass is 10.2. The number of nitrogens with zero attached hydrogens (tertiary/aromatic N) is 2. The van der Waals surface area contributed by atoms with Gasteiger partial charge in [-0.05, 0) is 12.1 Å². The Labute approximate surface area is 91.6 Å². The third-order valence-electron chi connectivity index (χ3n) is 1.97. The number of thiazole rings is 1. The van der Waals surface area contributed by atoms with E-state index in [1.54, 1.807) is 7.11 Å². The first kappa shape index (κ1) is 9.69. The van der Waals surface area contributed by atoms with Gasteiger partial charge < -0.3 is 4.74 Å². The van der Waals surface area contributed by atoms with Gasteiger partial charge in [0, 0.05) is 10.9 Å². The van der Waals surface area contributed by atoms with E-state index in [9.17, 15) is 0 Å². The lowest BCUT2D eigenvalue weighted by Crippen LogP contribution is -1.83. The topological polar surface area (TPSA) is 45.9 Å². The Hall–Kier alpha value is -1.86. The summed E-state index contributed by atoms with van der Waals surface area (Å²) < 4.78 is 5.12. The average molecular weight is 216 g/mol. The molecule has 15 heavy (non-hydrogen) atoms. The van der Waals surface area contributed by atoms with Crippen molar-refractivity contribution in [2.45, 2.75) is 0 Å². The Morgan fingerprint density at radius 1 is 1.47 bits per heavy atom. The Balaban J connectivity index is 2.41. The second-order valence-corrected chi connectivity index (χ2v) is 3.74. The first-order valence-electron chi connectivity index (χ1n) is 4.33. The van der Waals surface area contributed by atoms with Crippen molar-refractivity contribution >= 4 is 11.3 Å². The van der Waals surface area contributed by atoms with Gasteiger partial charge >= 0.3 is 0 Å². The third-order valence-corrected chi connectivity index (χ3v) is 2.71. The number of rotatable bonds is 2. The number of ether oxygens (including phenoxy) is 1. The Morgan fingerprint density at radius 3 is 3.00 bits per heavy atom. The van der Waals surface area contributed by atoms with Crippen molar-refractivity contribution < 1.29 is 4.74 Å². The van der Waals surface area contributed by atoms with Crippen LogP contribution in [0.4, 0.5) is 0 Å². The molecule has 2 rings (SSSR count). The molecule has 0 saturated carbocycles. The summed E-state index contributed by atoms with van der Waals surface area (Å²) >= 11 is 1.34. The molecule has 3 nitrogen and oxygen atoms in total. The number of hydrogen-bond donors (Lipinski definition) is 0. The Bertz CT molecular complexity index is 513. The summed E-state index contributed by atoms with van der Waals surface area (Å²) in [4.78, 5) is 4.18. The lowest BCUT2D eigenvalue weighted by molar-refractivity contribution is 0.415. The molecule has 74 valence electrons. The highest BCUT2D eigenvalue weighted by atomic mass is 32.1. The molecular formula is C11H8N2OS. The van der Waals surface area contributed by atoms with Crippen molar-refractivity contribution in [1.29, 1.82) is 5.26 Å². The van der Waals surface area contributed by atoms with Gasteiger partial charge in [0.1, 0.15) is 11.8 Å². The zero-order valence-corrected chi connectivity index (χ0v) is 8.91. The predicted octanol–water partition coefficient (Wildman–Crippen LogP) is 2.69. The van der Waals surface area contributed by atoms with Crippen LogP contribution in [0.1, 0.15) is 5.01 Å². The Kier molecular flexibility index (Phi) is 2.66. The minimum absolute atomic E-state index is 0.479. The van der Waals surface area contributed by atoms with E-state index in [4.69, 9.17) is 10.00 Å². The van der Waals surface area contributed by atoms with Crippen LogP contribution in [-0.2, 0) is 0 Å². The van der Waals surface area contributed by atoms with Crippen molar-refractivity contribution in [3.63, 3.8) is 0 Å². The van der Waals surface area contributed by atoms with Crippen molar-refractivity contribution in [2.75, 3.05) is 7.11 Å². The molecule has 0 aliphatic heterocycles. The molecule has 0 radical (unpaired) electrons. The van der Waals surface area contributed by atoms with Crippen LogP contribution in [0.3, 0.4) is 0 Å². The molecule has 1 heterocycles. The van der Waals surface area contributed by atoms with Crippen LogP contribution in [0.5, 0.6) is 5.75 Å². The van der Waals surface area contributed by atoms with Crippen LogP contribution in [0.15, 0.2) is 29.6 Å². The molecule has 0 saturated heterocycles. The standard InChI is InChI=1S/C11H8N2OS/c1-14-9-4-2-3-8(5-9)10-7-15-11(6-12)13-10/h2-5,7H,1H3. The molecule has 2 aromatic rings. The summed E-state index contributed by atoms with van der Waals surface area (Å²) in [6, 6.07) is 9.64. The molecule has 0 atom stereocenters. The monoisotopic (exact) mass is 216 g/mol. The summed E-state index contributed by atoms with van der Waals surface area (Å²) in [6.07, 6.45) is 0. The fraction of sp³-hybridized carbons (Fsp3) is 0.0909. The predicted molar refractivity (Wildman–Crippen MR) is 58.8 cm³/mol. The van der Waals surface area contributed by atoms with Crippen LogP contribution >= 0.6 is 11.3 Å². The SMILES string of the molecule is COc1cccc(-c2csc(C#N)n2)c1. The highest BCUT2D eigenvalue weighted by molar-refractivity contribution is 7.10. The van der Waals surface area contributed by atoms with E-state index in [0.29, 0.717) is 5.01 Å². The number of hydrogen-bond acceptors (Lipinski definition) is 4. The van der Waals surface area contributed by atoms with Gasteiger partial charge in [-0.2, -0.15) is 5.26 Å². The number of methoxy groups -OCH3 is 1. The van der Waals surface area contributed by atoms with Gasteiger partial charge in [-0.3, -0.25) is 0 Å². The fourth-order valence-corrected chi connectivity index (χ4v) is 1.86. The maximum atomic E-state index is 8.67. The summed E-state index contributed by atoms with van der Waals surface area (Å²) in [7, 11) is 1.63. The number of nitriles is 1. The van der Waals surface area contributed by atoms with Crippen LogP contribution in [-0.4, -0.2) is 12.1 Å². The summed E-state index contributed by atoms with van der Waals surface area (Å²) in [5, 5.41) is 11.0. The minimum atomic E-state index is 0.479. The molecule has 0 spiro atoms. The first-order chi connectivity index (χ1) is 7.33.